The van der Waals surface area contributed by atoms with E-state index >= 15 is 0 Å². The number of thioether (sulfide) groups is 1. The van der Waals surface area contributed by atoms with Crippen molar-refractivity contribution in [3.8, 4) is 11.3 Å². The van der Waals surface area contributed by atoms with Gasteiger partial charge in [-0.2, -0.15) is 0 Å². The summed E-state index contributed by atoms with van der Waals surface area (Å²) >= 11 is 2.81. The molecular weight excluding hydrogens is 550 g/mol. The fourth-order valence-electron chi connectivity index (χ4n) is 4.64. The van der Waals surface area contributed by atoms with Crippen LogP contribution in [0.25, 0.3) is 17.4 Å². The molecule has 2 aromatic heterocycles. The first kappa shape index (κ1) is 27.4. The van der Waals surface area contributed by atoms with Crippen molar-refractivity contribution in [3.05, 3.63) is 113 Å². The van der Waals surface area contributed by atoms with Crippen LogP contribution in [0, 0.1) is 17.0 Å². The summed E-state index contributed by atoms with van der Waals surface area (Å²) in [7, 11) is 0. The molecule has 0 N–H and O–H groups in total. The second-order valence-corrected chi connectivity index (χ2v) is 10.9. The van der Waals surface area contributed by atoms with Gasteiger partial charge < -0.3 is 9.15 Å². The second kappa shape index (κ2) is 11.1. The number of allylic oxidation sites excluding steroid dienone is 1. The van der Waals surface area contributed by atoms with Crippen molar-refractivity contribution >= 4 is 40.8 Å². The molecule has 0 radical (unpaired) electrons. The van der Waals surface area contributed by atoms with E-state index in [1.54, 1.807) is 56.8 Å². The van der Waals surface area contributed by atoms with Gasteiger partial charge in [0.25, 0.3) is 11.2 Å². The van der Waals surface area contributed by atoms with Gasteiger partial charge in [0, 0.05) is 28.7 Å². The van der Waals surface area contributed by atoms with Crippen LogP contribution in [-0.4, -0.2) is 28.3 Å². The summed E-state index contributed by atoms with van der Waals surface area (Å²) in [6.07, 6.45) is 3.63. The number of benzene rings is 2. The number of rotatable bonds is 7. The highest BCUT2D eigenvalue weighted by Crippen LogP contribution is 2.32. The zero-order chi connectivity index (χ0) is 28.6. The number of ether oxygens (including phenoxy) is 1. The summed E-state index contributed by atoms with van der Waals surface area (Å²) in [4.78, 5) is 43.6. The quantitative estimate of drug-likeness (QED) is 0.132. The third-order valence-electron chi connectivity index (χ3n) is 6.53. The Labute approximate surface area is 237 Å². The maximum absolute atomic E-state index is 13.8. The Morgan fingerprint density at radius 2 is 1.95 bits per heavy atom. The minimum absolute atomic E-state index is 0.00395. The lowest BCUT2D eigenvalue weighted by molar-refractivity contribution is -0.384. The average Bonchev–Trinajstić information content (AvgIpc) is 3.52. The molecule has 0 bridgehead atoms. The van der Waals surface area contributed by atoms with E-state index < -0.39 is 16.9 Å². The molecule has 0 aliphatic carbocycles. The van der Waals surface area contributed by atoms with Crippen LogP contribution in [-0.2, 0) is 9.53 Å². The number of non-ortho nitro benzene ring substituents is 1. The predicted octanol–water partition coefficient (Wildman–Crippen LogP) is 5.00. The number of nitro groups is 1. The van der Waals surface area contributed by atoms with Gasteiger partial charge in [-0.3, -0.25) is 19.5 Å². The molecular formula is C29H25N3O6S2. The molecule has 0 saturated carbocycles. The van der Waals surface area contributed by atoms with Gasteiger partial charge >= 0.3 is 5.97 Å². The normalized spacial score (nSPS) is 15.1. The van der Waals surface area contributed by atoms with Gasteiger partial charge in [-0.25, -0.2) is 9.79 Å². The molecule has 0 unspecified atom stereocenters. The Morgan fingerprint density at radius 1 is 1.20 bits per heavy atom. The highest BCUT2D eigenvalue weighted by atomic mass is 32.2. The highest BCUT2D eigenvalue weighted by molar-refractivity contribution is 7.98. The van der Waals surface area contributed by atoms with Crippen LogP contribution < -0.4 is 14.9 Å². The molecule has 0 saturated heterocycles. The number of aromatic nitrogens is 1. The van der Waals surface area contributed by atoms with Crippen LogP contribution in [0.15, 0.2) is 85.0 Å². The first-order chi connectivity index (χ1) is 19.2. The summed E-state index contributed by atoms with van der Waals surface area (Å²) in [5.41, 5.74) is 2.72. The third-order valence-corrected chi connectivity index (χ3v) is 8.26. The van der Waals surface area contributed by atoms with E-state index in [4.69, 9.17) is 9.15 Å². The Bertz CT molecular complexity index is 1850. The lowest BCUT2D eigenvalue weighted by Gasteiger charge is -2.24. The van der Waals surface area contributed by atoms with E-state index in [0.717, 1.165) is 16.0 Å². The summed E-state index contributed by atoms with van der Waals surface area (Å²) in [6.45, 7) is 5.46. The molecule has 2 aromatic carbocycles. The Hall–Kier alpha value is -4.22. The first-order valence-corrected chi connectivity index (χ1v) is 14.4. The molecule has 0 amide bonds. The summed E-state index contributed by atoms with van der Waals surface area (Å²) in [6, 6.07) is 15.1. The van der Waals surface area contributed by atoms with E-state index in [9.17, 15) is 19.7 Å². The maximum atomic E-state index is 13.8. The zero-order valence-corrected chi connectivity index (χ0v) is 23.8. The number of fused-ring (bicyclic) bond motifs is 1. The largest absolute Gasteiger partial charge is 0.463 e. The number of thiazole rings is 1. The van der Waals surface area contributed by atoms with Crippen molar-refractivity contribution in [2.75, 3.05) is 12.9 Å². The van der Waals surface area contributed by atoms with Crippen LogP contribution in [0.2, 0.25) is 0 Å². The molecule has 11 heteroatoms. The topological polar surface area (TPSA) is 117 Å². The smallest absolute Gasteiger partial charge is 0.338 e. The van der Waals surface area contributed by atoms with Crippen molar-refractivity contribution in [3.63, 3.8) is 0 Å². The van der Waals surface area contributed by atoms with E-state index in [1.807, 2.05) is 30.5 Å². The fourth-order valence-corrected chi connectivity index (χ4v) is 6.07. The number of nitrogens with zero attached hydrogens (tertiary/aromatic N) is 3. The van der Waals surface area contributed by atoms with E-state index in [2.05, 4.69) is 4.99 Å². The number of carbonyl (C=O) groups is 1. The van der Waals surface area contributed by atoms with Crippen molar-refractivity contribution in [1.82, 2.24) is 4.57 Å². The minimum atomic E-state index is -0.691. The molecule has 9 nitrogen and oxygen atoms in total. The molecule has 5 rings (SSSR count). The lowest BCUT2D eigenvalue weighted by atomic mass is 9.96. The molecule has 3 heterocycles. The average molecular weight is 576 g/mol. The molecule has 204 valence electrons. The van der Waals surface area contributed by atoms with Crippen LogP contribution in [0.3, 0.4) is 0 Å². The minimum Gasteiger partial charge on any atom is -0.463 e. The third kappa shape index (κ3) is 5.05. The fraction of sp³-hybridized carbons (Fsp3) is 0.207. The molecule has 40 heavy (non-hydrogen) atoms. The van der Waals surface area contributed by atoms with E-state index in [-0.39, 0.29) is 17.9 Å². The van der Waals surface area contributed by atoms with Gasteiger partial charge in [0.2, 0.25) is 0 Å². The maximum Gasteiger partial charge on any atom is 0.338 e. The molecule has 0 fully saturated rings. The van der Waals surface area contributed by atoms with Crippen molar-refractivity contribution < 1.29 is 18.9 Å². The number of hydrogen-bond donors (Lipinski definition) is 0. The number of carbonyl (C=O) groups excluding carboxylic acids is 1. The van der Waals surface area contributed by atoms with Gasteiger partial charge in [-0.15, -0.1) is 11.8 Å². The Morgan fingerprint density at radius 3 is 2.60 bits per heavy atom. The summed E-state index contributed by atoms with van der Waals surface area (Å²) < 4.78 is 13.3. The van der Waals surface area contributed by atoms with E-state index in [1.165, 1.54) is 28.0 Å². The number of aryl methyl sites for hydroxylation is 1. The second-order valence-electron chi connectivity index (χ2n) is 9.03. The van der Waals surface area contributed by atoms with Gasteiger partial charge in [0.05, 0.1) is 33.4 Å². The number of furan rings is 1. The predicted molar refractivity (Wildman–Crippen MR) is 154 cm³/mol. The molecule has 1 aliphatic rings. The highest BCUT2D eigenvalue weighted by Gasteiger charge is 2.33. The van der Waals surface area contributed by atoms with Crippen LogP contribution in [0.1, 0.15) is 36.8 Å². The first-order valence-electron chi connectivity index (χ1n) is 12.4. The Balaban J connectivity index is 1.60. The summed E-state index contributed by atoms with van der Waals surface area (Å²) in [5.74, 6) is 0.463. The lowest BCUT2D eigenvalue weighted by Crippen LogP contribution is -2.39. The summed E-state index contributed by atoms with van der Waals surface area (Å²) in [5, 5.41) is 11.1. The standard InChI is InChI=1S/C29H25N3O6S2/c1-5-37-28(34)25-17(3)30-29-31(26(25)18-6-10-21(39-4)11-7-18)27(33)24(40-29)15-20-9-13-23(38-20)22-12-8-19(32(35)36)14-16(22)2/h6-15,26H,5H2,1-4H3/b24-15-/t26-/m0/s1. The van der Waals surface area contributed by atoms with Gasteiger partial charge in [0.1, 0.15) is 11.5 Å². The number of esters is 1. The molecule has 1 atom stereocenters. The SMILES string of the molecule is CCOC(=O)C1=C(C)N=c2s/c(=C\c3ccc(-c4ccc([N+](=O)[O-])cc4C)o3)c(=O)n2[C@H]1c1ccc(SC)cc1. The molecule has 4 aromatic rings. The van der Waals surface area contributed by atoms with Crippen molar-refractivity contribution in [1.29, 1.82) is 0 Å². The van der Waals surface area contributed by atoms with Crippen LogP contribution >= 0.6 is 23.1 Å². The van der Waals surface area contributed by atoms with Crippen molar-refractivity contribution in [2.45, 2.75) is 31.7 Å². The van der Waals surface area contributed by atoms with Crippen LogP contribution in [0.5, 0.6) is 0 Å². The van der Waals surface area contributed by atoms with Gasteiger partial charge in [0.15, 0.2) is 4.80 Å². The number of nitro benzene ring substituents is 1. The van der Waals surface area contributed by atoms with Gasteiger partial charge in [-0.05, 0) is 68.5 Å². The zero-order valence-electron chi connectivity index (χ0n) is 22.2. The monoisotopic (exact) mass is 575 g/mol. The van der Waals surface area contributed by atoms with Crippen molar-refractivity contribution in [2.24, 2.45) is 4.99 Å². The molecule has 1 aliphatic heterocycles. The Kier molecular flexibility index (Phi) is 7.59. The van der Waals surface area contributed by atoms with Crippen LogP contribution in [0.4, 0.5) is 5.69 Å². The van der Waals surface area contributed by atoms with Gasteiger partial charge in [-0.1, -0.05) is 23.5 Å². The van der Waals surface area contributed by atoms with E-state index in [0.29, 0.717) is 37.7 Å². The number of hydrogen-bond acceptors (Lipinski definition) is 9. The molecule has 0 spiro atoms.